The first-order chi connectivity index (χ1) is 14.7. The number of nitrogens with two attached hydrogens (primary N) is 3. The second-order valence-electron chi connectivity index (χ2n) is 7.59. The van der Waals surface area contributed by atoms with E-state index in [-0.39, 0.29) is 31.8 Å². The van der Waals surface area contributed by atoms with Gasteiger partial charge in [0.15, 0.2) is 0 Å². The Labute approximate surface area is 181 Å². The number of carboxylic acids is 1. The van der Waals surface area contributed by atoms with Gasteiger partial charge in [-0.3, -0.25) is 19.8 Å². The first-order valence-electron chi connectivity index (χ1n) is 10.6. The van der Waals surface area contributed by atoms with Crippen molar-refractivity contribution < 1.29 is 24.3 Å². The average molecular weight is 442 g/mol. The molecule has 1 saturated heterocycles. The molecule has 31 heavy (non-hydrogen) atoms. The third-order valence-electron chi connectivity index (χ3n) is 5.23. The summed E-state index contributed by atoms with van der Waals surface area (Å²) in [5.74, 6) is -3.77. The first kappa shape index (κ1) is 26.3. The van der Waals surface area contributed by atoms with Gasteiger partial charge in [-0.25, -0.2) is 4.79 Å². The summed E-state index contributed by atoms with van der Waals surface area (Å²) in [6, 6.07) is -1.99. The highest BCUT2D eigenvalue weighted by Crippen LogP contribution is 2.23. The first-order valence-corrected chi connectivity index (χ1v) is 10.6. The minimum absolute atomic E-state index is 0.0561. The number of hydrogen-bond donors (Lipinski definition) is 7. The number of unbranched alkanes of at least 4 members (excludes halogenated alkanes) is 1. The smallest absolute Gasteiger partial charge is 0.326 e. The van der Waals surface area contributed by atoms with Crippen LogP contribution >= 0.6 is 0 Å². The third kappa shape index (κ3) is 8.50. The highest BCUT2D eigenvalue weighted by Gasteiger charge is 2.40. The SMILES string of the molecule is N=C(N)CCC[C@@H](NC(=O)[C@@H]1CCCN1C(=O)C(CCCCN)C(=O)NCN)C(=O)O. The number of carbonyl (C=O) groups is 4. The van der Waals surface area contributed by atoms with Crippen molar-refractivity contribution in [3.05, 3.63) is 0 Å². The zero-order valence-corrected chi connectivity index (χ0v) is 17.8. The molecule has 10 N–H and O–H groups in total. The molecule has 12 nitrogen and oxygen atoms in total. The molecule has 0 aromatic carbocycles. The molecular weight excluding hydrogens is 406 g/mol. The summed E-state index contributed by atoms with van der Waals surface area (Å²) < 4.78 is 0. The van der Waals surface area contributed by atoms with Crippen molar-refractivity contribution in [3.8, 4) is 0 Å². The van der Waals surface area contributed by atoms with Gasteiger partial charge in [0.1, 0.15) is 18.0 Å². The van der Waals surface area contributed by atoms with E-state index in [9.17, 15) is 24.3 Å². The molecule has 1 fully saturated rings. The Morgan fingerprint density at radius 2 is 1.84 bits per heavy atom. The molecule has 176 valence electrons. The largest absolute Gasteiger partial charge is 0.480 e. The fourth-order valence-corrected chi connectivity index (χ4v) is 3.61. The van der Waals surface area contributed by atoms with E-state index in [4.69, 9.17) is 22.6 Å². The third-order valence-corrected chi connectivity index (χ3v) is 5.23. The predicted molar refractivity (Wildman–Crippen MR) is 114 cm³/mol. The molecule has 1 rings (SSSR count). The molecule has 12 heteroatoms. The van der Waals surface area contributed by atoms with Crippen molar-refractivity contribution in [2.24, 2.45) is 23.1 Å². The molecule has 0 bridgehead atoms. The quantitative estimate of drug-likeness (QED) is 0.0547. The number of amides is 3. The van der Waals surface area contributed by atoms with Gasteiger partial charge in [-0.1, -0.05) is 6.42 Å². The minimum atomic E-state index is -1.20. The van der Waals surface area contributed by atoms with Crippen LogP contribution in [0.5, 0.6) is 0 Å². The molecule has 3 atom stereocenters. The maximum absolute atomic E-state index is 13.1. The van der Waals surface area contributed by atoms with E-state index in [1.54, 1.807) is 0 Å². The maximum atomic E-state index is 13.1. The molecular formula is C19H35N7O5. The van der Waals surface area contributed by atoms with Crippen molar-refractivity contribution in [1.29, 1.82) is 5.41 Å². The molecule has 0 radical (unpaired) electrons. The summed E-state index contributed by atoms with van der Waals surface area (Å²) in [6.45, 7) is 0.640. The van der Waals surface area contributed by atoms with E-state index in [0.29, 0.717) is 45.2 Å². The number of amidine groups is 1. The van der Waals surface area contributed by atoms with Gasteiger partial charge in [-0.2, -0.15) is 0 Å². The molecule has 1 heterocycles. The lowest BCUT2D eigenvalue weighted by molar-refractivity contribution is -0.147. The number of carbonyl (C=O) groups excluding carboxylic acids is 3. The number of nitrogens with one attached hydrogen (secondary N) is 3. The Balaban J connectivity index is 2.85. The number of nitrogens with zero attached hydrogens (tertiary/aromatic N) is 1. The normalized spacial score (nSPS) is 17.6. The molecule has 0 saturated carbocycles. The topological polar surface area (TPSA) is 218 Å². The van der Waals surface area contributed by atoms with Crippen molar-refractivity contribution in [2.45, 2.75) is 63.5 Å². The molecule has 3 amide bonds. The number of hydrogen-bond acceptors (Lipinski definition) is 7. The van der Waals surface area contributed by atoms with E-state index in [2.05, 4.69) is 10.6 Å². The summed E-state index contributed by atoms with van der Waals surface area (Å²) in [5.41, 5.74) is 16.2. The predicted octanol–water partition coefficient (Wildman–Crippen LogP) is -1.57. The Morgan fingerprint density at radius 1 is 1.13 bits per heavy atom. The molecule has 0 aliphatic carbocycles. The van der Waals surface area contributed by atoms with E-state index in [0.717, 1.165) is 0 Å². The van der Waals surface area contributed by atoms with Crippen LogP contribution in [0.25, 0.3) is 0 Å². The lowest BCUT2D eigenvalue weighted by atomic mass is 9.98. The highest BCUT2D eigenvalue weighted by molar-refractivity contribution is 6.02. The van der Waals surface area contributed by atoms with Crippen LogP contribution < -0.4 is 27.8 Å². The molecule has 1 aliphatic heterocycles. The van der Waals surface area contributed by atoms with Crippen LogP contribution in [-0.2, 0) is 19.2 Å². The number of aliphatic carboxylic acids is 1. The second kappa shape index (κ2) is 13.5. The van der Waals surface area contributed by atoms with Crippen LogP contribution in [0.4, 0.5) is 0 Å². The van der Waals surface area contributed by atoms with Gasteiger partial charge in [-0.05, 0) is 45.1 Å². The molecule has 1 aliphatic rings. The van der Waals surface area contributed by atoms with Crippen LogP contribution in [0.1, 0.15) is 51.4 Å². The Morgan fingerprint density at radius 3 is 2.42 bits per heavy atom. The maximum Gasteiger partial charge on any atom is 0.326 e. The monoisotopic (exact) mass is 441 g/mol. The van der Waals surface area contributed by atoms with Gasteiger partial charge in [-0.15, -0.1) is 0 Å². The summed E-state index contributed by atoms with van der Waals surface area (Å²) in [4.78, 5) is 51.1. The zero-order valence-electron chi connectivity index (χ0n) is 17.8. The van der Waals surface area contributed by atoms with E-state index in [1.807, 2.05) is 0 Å². The number of rotatable bonds is 14. The van der Waals surface area contributed by atoms with E-state index in [1.165, 1.54) is 4.90 Å². The lowest BCUT2D eigenvalue weighted by Crippen LogP contribution is -2.53. The van der Waals surface area contributed by atoms with E-state index >= 15 is 0 Å². The number of carboxylic acid groups (broad SMARTS) is 1. The molecule has 1 unspecified atom stereocenters. The molecule has 0 spiro atoms. The van der Waals surface area contributed by atoms with Gasteiger partial charge in [0.05, 0.1) is 12.5 Å². The van der Waals surface area contributed by atoms with Crippen LogP contribution in [0.3, 0.4) is 0 Å². The fraction of sp³-hybridized carbons (Fsp3) is 0.737. The molecule has 0 aromatic rings. The van der Waals surface area contributed by atoms with Gasteiger partial charge >= 0.3 is 5.97 Å². The van der Waals surface area contributed by atoms with Crippen molar-refractivity contribution in [2.75, 3.05) is 19.8 Å². The summed E-state index contributed by atoms with van der Waals surface area (Å²) >= 11 is 0. The second-order valence-corrected chi connectivity index (χ2v) is 7.59. The van der Waals surface area contributed by atoms with E-state index < -0.39 is 41.7 Å². The standard InChI is InChI=1S/C19H35N7O5/c20-9-2-1-5-12(16(27)24-11-21)18(29)26-10-4-7-14(26)17(28)25-13(19(30)31)6-3-8-15(22)23/h12-14H,1-11,20-21H2,(H3,22,23)(H,24,27)(H,25,28)(H,30,31)/t12?,13-,14+/m1/s1. The van der Waals surface area contributed by atoms with Gasteiger partial charge in [0, 0.05) is 13.0 Å². The van der Waals surface area contributed by atoms with Gasteiger partial charge in [0.2, 0.25) is 17.7 Å². The zero-order chi connectivity index (χ0) is 23.4. The van der Waals surface area contributed by atoms with Crippen LogP contribution in [0, 0.1) is 11.3 Å². The Bertz CT molecular complexity index is 658. The summed E-state index contributed by atoms with van der Waals surface area (Å²) in [5, 5.41) is 21.5. The Hall–Kier alpha value is -2.73. The van der Waals surface area contributed by atoms with Gasteiger partial charge < -0.3 is 37.8 Å². The minimum Gasteiger partial charge on any atom is -0.480 e. The summed E-state index contributed by atoms with van der Waals surface area (Å²) in [7, 11) is 0. The van der Waals surface area contributed by atoms with Crippen LogP contribution in [0.15, 0.2) is 0 Å². The highest BCUT2D eigenvalue weighted by atomic mass is 16.4. The van der Waals surface area contributed by atoms with Crippen molar-refractivity contribution in [3.63, 3.8) is 0 Å². The van der Waals surface area contributed by atoms with Crippen LogP contribution in [-0.4, -0.2) is 71.4 Å². The summed E-state index contributed by atoms with van der Waals surface area (Å²) in [6.07, 6.45) is 3.15. The lowest BCUT2D eigenvalue weighted by Gasteiger charge is -2.28. The Kier molecular flexibility index (Phi) is 11.5. The number of likely N-dealkylation sites (tertiary alicyclic amines) is 1. The molecule has 0 aromatic heterocycles. The average Bonchev–Trinajstić information content (AvgIpc) is 3.19. The van der Waals surface area contributed by atoms with Crippen molar-refractivity contribution in [1.82, 2.24) is 15.5 Å². The van der Waals surface area contributed by atoms with Crippen LogP contribution in [0.2, 0.25) is 0 Å². The van der Waals surface area contributed by atoms with Crippen molar-refractivity contribution >= 4 is 29.5 Å². The van der Waals surface area contributed by atoms with Gasteiger partial charge in [0.25, 0.3) is 0 Å². The fourth-order valence-electron chi connectivity index (χ4n) is 3.61.